The van der Waals surface area contributed by atoms with E-state index in [1.54, 1.807) is 11.3 Å². The third kappa shape index (κ3) is 4.86. The summed E-state index contributed by atoms with van der Waals surface area (Å²) in [7, 11) is 0. The smallest absolute Gasteiger partial charge is 0.269 e. The standard InChI is InChI=1S/C23H24N6O3S/c30-21-15-24-17-5-1-2-6-18(17)29(21)16-22(31)28-12-10-27(11-13-28)9-3-8-20-25-23(26-32-20)19-7-4-14-33-19/h1-2,4-7,14-15H,3,8-13,16H2. The van der Waals surface area contributed by atoms with E-state index in [1.165, 1.54) is 10.8 Å². The number of rotatable bonds is 7. The monoisotopic (exact) mass is 464 g/mol. The van der Waals surface area contributed by atoms with Gasteiger partial charge in [-0.2, -0.15) is 4.98 Å². The Labute approximate surface area is 194 Å². The Bertz CT molecular complexity index is 1290. The fourth-order valence-electron chi connectivity index (χ4n) is 4.05. The van der Waals surface area contributed by atoms with E-state index in [-0.39, 0.29) is 18.0 Å². The number of hydrogen-bond acceptors (Lipinski definition) is 8. The molecule has 33 heavy (non-hydrogen) atoms. The largest absolute Gasteiger partial charge is 0.339 e. The number of piperazine rings is 1. The predicted molar refractivity (Wildman–Crippen MR) is 125 cm³/mol. The van der Waals surface area contributed by atoms with Gasteiger partial charge in [0.15, 0.2) is 0 Å². The highest BCUT2D eigenvalue weighted by Crippen LogP contribution is 2.21. The number of amides is 1. The summed E-state index contributed by atoms with van der Waals surface area (Å²) in [6, 6.07) is 11.3. The number of aromatic nitrogens is 4. The van der Waals surface area contributed by atoms with Crippen LogP contribution in [0, 0.1) is 0 Å². The molecule has 0 saturated carbocycles. The van der Waals surface area contributed by atoms with E-state index in [2.05, 4.69) is 20.0 Å². The van der Waals surface area contributed by atoms with Crippen LogP contribution in [0.3, 0.4) is 0 Å². The first kappa shape index (κ1) is 21.5. The second-order valence-corrected chi connectivity index (χ2v) is 8.93. The molecule has 0 unspecified atom stereocenters. The molecule has 4 heterocycles. The van der Waals surface area contributed by atoms with Crippen molar-refractivity contribution >= 4 is 28.3 Å². The molecule has 0 radical (unpaired) electrons. The number of carbonyl (C=O) groups is 1. The summed E-state index contributed by atoms with van der Waals surface area (Å²) >= 11 is 1.59. The van der Waals surface area contributed by atoms with Gasteiger partial charge in [-0.15, -0.1) is 11.3 Å². The van der Waals surface area contributed by atoms with Crippen molar-refractivity contribution in [3.63, 3.8) is 0 Å². The highest BCUT2D eigenvalue weighted by molar-refractivity contribution is 7.13. The molecule has 0 spiro atoms. The van der Waals surface area contributed by atoms with Crippen molar-refractivity contribution in [2.24, 2.45) is 0 Å². The van der Waals surface area contributed by atoms with Gasteiger partial charge in [0.05, 0.1) is 22.1 Å². The summed E-state index contributed by atoms with van der Waals surface area (Å²) in [5.41, 5.74) is 1.13. The molecule has 4 aromatic rings. The van der Waals surface area contributed by atoms with Gasteiger partial charge in [0.2, 0.25) is 17.6 Å². The molecule has 170 valence electrons. The van der Waals surface area contributed by atoms with E-state index >= 15 is 0 Å². The number of thiophene rings is 1. The second kappa shape index (κ2) is 9.63. The van der Waals surface area contributed by atoms with Crippen LogP contribution in [-0.2, 0) is 17.8 Å². The van der Waals surface area contributed by atoms with E-state index in [9.17, 15) is 9.59 Å². The molecule has 1 saturated heterocycles. The lowest BCUT2D eigenvalue weighted by Crippen LogP contribution is -2.50. The molecule has 9 nitrogen and oxygen atoms in total. The van der Waals surface area contributed by atoms with Gasteiger partial charge in [-0.1, -0.05) is 23.4 Å². The molecule has 0 N–H and O–H groups in total. The number of carbonyl (C=O) groups excluding carboxylic acids is 1. The van der Waals surface area contributed by atoms with Gasteiger partial charge >= 0.3 is 0 Å². The summed E-state index contributed by atoms with van der Waals surface area (Å²) in [4.78, 5) is 39.0. The third-order valence-electron chi connectivity index (χ3n) is 5.85. The zero-order valence-electron chi connectivity index (χ0n) is 18.1. The Balaban J connectivity index is 1.10. The van der Waals surface area contributed by atoms with Crippen LogP contribution in [0.2, 0.25) is 0 Å². The van der Waals surface area contributed by atoms with E-state index < -0.39 is 0 Å². The summed E-state index contributed by atoms with van der Waals surface area (Å²) in [5.74, 6) is 1.26. The van der Waals surface area contributed by atoms with Crippen molar-refractivity contribution in [1.29, 1.82) is 0 Å². The maximum atomic E-state index is 12.9. The second-order valence-electron chi connectivity index (χ2n) is 7.99. The number of nitrogens with zero attached hydrogens (tertiary/aromatic N) is 6. The lowest BCUT2D eigenvalue weighted by Gasteiger charge is -2.34. The first-order valence-corrected chi connectivity index (χ1v) is 11.9. The third-order valence-corrected chi connectivity index (χ3v) is 6.71. The minimum atomic E-state index is -0.260. The normalized spacial score (nSPS) is 14.7. The van der Waals surface area contributed by atoms with Gasteiger partial charge < -0.3 is 9.42 Å². The van der Waals surface area contributed by atoms with Crippen LogP contribution in [0.5, 0.6) is 0 Å². The average Bonchev–Trinajstić information content (AvgIpc) is 3.54. The van der Waals surface area contributed by atoms with Crippen molar-refractivity contribution < 1.29 is 9.32 Å². The van der Waals surface area contributed by atoms with E-state index in [4.69, 9.17) is 4.52 Å². The van der Waals surface area contributed by atoms with Crippen LogP contribution in [0.1, 0.15) is 12.3 Å². The summed E-state index contributed by atoms with van der Waals surface area (Å²) in [6.07, 6.45) is 2.92. The van der Waals surface area contributed by atoms with Crippen LogP contribution >= 0.6 is 11.3 Å². The number of fused-ring (bicyclic) bond motifs is 1. The first-order chi connectivity index (χ1) is 16.2. The fraction of sp³-hybridized carbons (Fsp3) is 0.348. The minimum absolute atomic E-state index is 0.0333. The number of para-hydroxylation sites is 2. The van der Waals surface area contributed by atoms with Gasteiger partial charge in [-0.05, 0) is 36.5 Å². The Morgan fingerprint density at radius 1 is 1.09 bits per heavy atom. The molecule has 1 fully saturated rings. The molecule has 0 bridgehead atoms. The zero-order valence-corrected chi connectivity index (χ0v) is 18.9. The van der Waals surface area contributed by atoms with Crippen molar-refractivity contribution in [2.45, 2.75) is 19.4 Å². The summed E-state index contributed by atoms with van der Waals surface area (Å²) < 4.78 is 6.87. The van der Waals surface area contributed by atoms with Gasteiger partial charge in [0.1, 0.15) is 6.54 Å². The predicted octanol–water partition coefficient (Wildman–Crippen LogP) is 2.29. The van der Waals surface area contributed by atoms with Crippen LogP contribution in [0.15, 0.2) is 57.3 Å². The zero-order chi connectivity index (χ0) is 22.6. The van der Waals surface area contributed by atoms with Crippen LogP contribution in [-0.4, -0.2) is 68.1 Å². The maximum Gasteiger partial charge on any atom is 0.269 e. The first-order valence-electron chi connectivity index (χ1n) is 11.0. The average molecular weight is 465 g/mol. The fourth-order valence-corrected chi connectivity index (χ4v) is 4.70. The van der Waals surface area contributed by atoms with Crippen molar-refractivity contribution in [3.05, 3.63) is 64.2 Å². The molecule has 5 rings (SSSR count). The highest BCUT2D eigenvalue weighted by atomic mass is 32.1. The van der Waals surface area contributed by atoms with E-state index in [0.717, 1.165) is 37.4 Å². The summed E-state index contributed by atoms with van der Waals surface area (Å²) in [6.45, 7) is 3.86. The Morgan fingerprint density at radius 3 is 2.76 bits per heavy atom. The molecular formula is C23H24N6O3S. The minimum Gasteiger partial charge on any atom is -0.339 e. The number of aryl methyl sites for hydroxylation is 1. The molecule has 10 heteroatoms. The van der Waals surface area contributed by atoms with Gasteiger partial charge in [-0.3, -0.25) is 19.1 Å². The molecule has 0 atom stereocenters. The van der Waals surface area contributed by atoms with Crippen molar-refractivity contribution in [1.82, 2.24) is 29.5 Å². The van der Waals surface area contributed by atoms with E-state index in [1.807, 2.05) is 46.7 Å². The molecule has 0 aliphatic carbocycles. The number of benzene rings is 1. The maximum absolute atomic E-state index is 12.9. The SMILES string of the molecule is O=C(Cn1c(=O)cnc2ccccc21)N1CCN(CCCc2nc(-c3cccs3)no2)CC1. The molecule has 1 amide bonds. The lowest BCUT2D eigenvalue weighted by atomic mass is 10.2. The van der Waals surface area contributed by atoms with Crippen LogP contribution in [0.4, 0.5) is 0 Å². The Kier molecular flexibility index (Phi) is 6.27. The van der Waals surface area contributed by atoms with E-state index in [0.29, 0.717) is 35.8 Å². The van der Waals surface area contributed by atoms with Gasteiger partial charge in [-0.25, -0.2) is 4.98 Å². The Hall–Kier alpha value is -3.37. The molecule has 3 aromatic heterocycles. The van der Waals surface area contributed by atoms with Crippen molar-refractivity contribution in [3.8, 4) is 10.7 Å². The summed E-state index contributed by atoms with van der Waals surface area (Å²) in [5, 5.41) is 6.04. The Morgan fingerprint density at radius 2 is 1.94 bits per heavy atom. The molecular weight excluding hydrogens is 440 g/mol. The lowest BCUT2D eigenvalue weighted by molar-refractivity contribution is -0.133. The van der Waals surface area contributed by atoms with Gasteiger partial charge in [0, 0.05) is 32.6 Å². The molecule has 1 aliphatic rings. The molecule has 1 aliphatic heterocycles. The highest BCUT2D eigenvalue weighted by Gasteiger charge is 2.22. The van der Waals surface area contributed by atoms with Crippen LogP contribution in [0.25, 0.3) is 21.7 Å². The molecule has 1 aromatic carbocycles. The van der Waals surface area contributed by atoms with Crippen molar-refractivity contribution in [2.75, 3.05) is 32.7 Å². The van der Waals surface area contributed by atoms with Gasteiger partial charge in [0.25, 0.3) is 5.56 Å². The topological polar surface area (TPSA) is 97.4 Å². The van der Waals surface area contributed by atoms with Crippen LogP contribution < -0.4 is 5.56 Å². The number of hydrogen-bond donors (Lipinski definition) is 0. The quantitative estimate of drug-likeness (QED) is 0.414.